The van der Waals surface area contributed by atoms with E-state index in [-0.39, 0.29) is 5.92 Å². The molecule has 6 heteroatoms. The van der Waals surface area contributed by atoms with Crippen molar-refractivity contribution in [3.63, 3.8) is 0 Å². The first-order valence-electron chi connectivity index (χ1n) is 5.81. The van der Waals surface area contributed by atoms with Gasteiger partial charge in [-0.05, 0) is 35.7 Å². The largest absolute Gasteiger partial charge is 0.416 e. The highest BCUT2D eigenvalue weighted by atomic mass is 19.4. The lowest BCUT2D eigenvalue weighted by molar-refractivity contribution is -0.137. The lowest BCUT2D eigenvalue weighted by Crippen LogP contribution is -2.12. The van der Waals surface area contributed by atoms with Gasteiger partial charge in [0.05, 0.1) is 11.1 Å². The molecule has 3 nitrogen and oxygen atoms in total. The van der Waals surface area contributed by atoms with E-state index in [0.717, 1.165) is 17.7 Å². The summed E-state index contributed by atoms with van der Waals surface area (Å²) in [4.78, 5) is 4.23. The van der Waals surface area contributed by atoms with Crippen LogP contribution in [0, 0.1) is 0 Å². The van der Waals surface area contributed by atoms with Crippen LogP contribution in [0.2, 0.25) is 0 Å². The molecule has 19 heavy (non-hydrogen) atoms. The summed E-state index contributed by atoms with van der Waals surface area (Å²) in [6.45, 7) is 3.86. The summed E-state index contributed by atoms with van der Waals surface area (Å²) in [6.07, 6.45) is -4.35. The van der Waals surface area contributed by atoms with Crippen LogP contribution in [0.3, 0.4) is 0 Å². The van der Waals surface area contributed by atoms with Gasteiger partial charge in [0.2, 0.25) is 0 Å². The quantitative estimate of drug-likeness (QED) is 0.646. The van der Waals surface area contributed by atoms with Gasteiger partial charge in [0.15, 0.2) is 0 Å². The lowest BCUT2D eigenvalue weighted by Gasteiger charge is -2.14. The minimum Gasteiger partial charge on any atom is -0.308 e. The molecule has 0 amide bonds. The Morgan fingerprint density at radius 2 is 1.89 bits per heavy atom. The van der Waals surface area contributed by atoms with Crippen LogP contribution in [0.4, 0.5) is 19.0 Å². The number of anilines is 1. The number of alkyl halides is 3. The average Bonchev–Trinajstić information content (AvgIpc) is 2.35. The maximum atomic E-state index is 12.7. The Morgan fingerprint density at radius 1 is 1.21 bits per heavy atom. The van der Waals surface area contributed by atoms with E-state index in [1.807, 2.05) is 13.8 Å². The van der Waals surface area contributed by atoms with Gasteiger partial charge in [-0.15, -0.1) is 0 Å². The molecule has 0 spiro atoms. The lowest BCUT2D eigenvalue weighted by atomic mass is 10.0. The number of pyridine rings is 1. The fourth-order valence-electron chi connectivity index (χ4n) is 1.92. The highest BCUT2D eigenvalue weighted by Crippen LogP contribution is 2.33. The zero-order chi connectivity index (χ0) is 14.2. The highest BCUT2D eigenvalue weighted by Gasteiger charge is 2.30. The number of nitrogen functional groups attached to an aromatic ring is 1. The van der Waals surface area contributed by atoms with Crippen molar-refractivity contribution in [2.24, 2.45) is 5.84 Å². The van der Waals surface area contributed by atoms with Crippen LogP contribution in [-0.4, -0.2) is 4.98 Å². The molecule has 1 aromatic carbocycles. The molecule has 0 saturated heterocycles. The molecule has 2 aromatic rings. The van der Waals surface area contributed by atoms with E-state index >= 15 is 0 Å². The third-order valence-corrected chi connectivity index (χ3v) is 2.93. The van der Waals surface area contributed by atoms with E-state index in [1.165, 1.54) is 6.07 Å². The Bertz CT molecular complexity index is 606. The van der Waals surface area contributed by atoms with Crippen molar-refractivity contribution in [2.75, 3.05) is 5.43 Å². The average molecular weight is 269 g/mol. The van der Waals surface area contributed by atoms with E-state index in [0.29, 0.717) is 16.7 Å². The molecule has 0 radical (unpaired) electrons. The second kappa shape index (κ2) is 4.70. The first-order chi connectivity index (χ1) is 8.82. The topological polar surface area (TPSA) is 50.9 Å². The zero-order valence-corrected chi connectivity index (χ0v) is 10.5. The zero-order valence-electron chi connectivity index (χ0n) is 10.5. The van der Waals surface area contributed by atoms with Crippen LogP contribution in [0.1, 0.15) is 30.9 Å². The molecule has 3 N–H and O–H groups in total. The van der Waals surface area contributed by atoms with Gasteiger partial charge in [0.1, 0.15) is 5.82 Å². The molecule has 0 saturated carbocycles. The second-order valence-electron chi connectivity index (χ2n) is 4.63. The number of fused-ring (bicyclic) bond motifs is 1. The molecule has 1 aromatic heterocycles. The number of hydrogen-bond acceptors (Lipinski definition) is 3. The number of nitrogens with two attached hydrogens (primary N) is 1. The van der Waals surface area contributed by atoms with Crippen LogP contribution in [0.15, 0.2) is 24.3 Å². The maximum Gasteiger partial charge on any atom is 0.416 e. The third kappa shape index (κ3) is 2.63. The van der Waals surface area contributed by atoms with Crippen LogP contribution in [-0.2, 0) is 6.18 Å². The Balaban J connectivity index is 2.66. The summed E-state index contributed by atoms with van der Waals surface area (Å²) >= 11 is 0. The Morgan fingerprint density at radius 3 is 2.42 bits per heavy atom. The molecule has 2 rings (SSSR count). The number of nitrogens with one attached hydrogen (secondary N) is 1. The molecule has 0 fully saturated rings. The van der Waals surface area contributed by atoms with Gasteiger partial charge >= 0.3 is 6.18 Å². The van der Waals surface area contributed by atoms with Crippen LogP contribution >= 0.6 is 0 Å². The van der Waals surface area contributed by atoms with Crippen molar-refractivity contribution in [3.8, 4) is 0 Å². The summed E-state index contributed by atoms with van der Waals surface area (Å²) in [7, 11) is 0. The summed E-state index contributed by atoms with van der Waals surface area (Å²) < 4.78 is 38.0. The molecule has 0 bridgehead atoms. The number of rotatable bonds is 2. The number of halogens is 3. The summed E-state index contributed by atoms with van der Waals surface area (Å²) in [5.74, 6) is 5.98. The molecule has 102 valence electrons. The minimum atomic E-state index is -4.35. The van der Waals surface area contributed by atoms with Crippen molar-refractivity contribution in [1.82, 2.24) is 4.98 Å². The third-order valence-electron chi connectivity index (χ3n) is 2.93. The molecular weight excluding hydrogens is 255 g/mol. The first kappa shape index (κ1) is 13.6. The van der Waals surface area contributed by atoms with Gasteiger partial charge in [0.25, 0.3) is 0 Å². The fourth-order valence-corrected chi connectivity index (χ4v) is 1.92. The standard InChI is InChI=1S/C13H14F3N3/c1-7(2)10-6-8-5-9(13(14,15)16)3-4-11(8)18-12(10)19-17/h3-7H,17H2,1-2H3,(H,18,19). The molecule has 0 aliphatic carbocycles. The van der Waals surface area contributed by atoms with Crippen molar-refractivity contribution in [3.05, 3.63) is 35.4 Å². The normalized spacial score (nSPS) is 12.2. The number of hydrazine groups is 1. The van der Waals surface area contributed by atoms with Crippen molar-refractivity contribution in [1.29, 1.82) is 0 Å². The summed E-state index contributed by atoms with van der Waals surface area (Å²) in [5, 5.41) is 0.456. The number of benzene rings is 1. The van der Waals surface area contributed by atoms with Gasteiger partial charge in [0, 0.05) is 5.39 Å². The second-order valence-corrected chi connectivity index (χ2v) is 4.63. The van der Waals surface area contributed by atoms with Gasteiger partial charge in [-0.25, -0.2) is 10.8 Å². The van der Waals surface area contributed by atoms with Crippen molar-refractivity contribution >= 4 is 16.7 Å². The van der Waals surface area contributed by atoms with Crippen LogP contribution in [0.25, 0.3) is 10.9 Å². The molecule has 0 unspecified atom stereocenters. The van der Waals surface area contributed by atoms with Crippen molar-refractivity contribution in [2.45, 2.75) is 25.9 Å². The van der Waals surface area contributed by atoms with E-state index in [9.17, 15) is 13.2 Å². The Labute approximate surface area is 108 Å². The van der Waals surface area contributed by atoms with Crippen molar-refractivity contribution < 1.29 is 13.2 Å². The SMILES string of the molecule is CC(C)c1cc2cc(C(F)(F)F)ccc2nc1NN. The van der Waals surface area contributed by atoms with E-state index < -0.39 is 11.7 Å². The smallest absolute Gasteiger partial charge is 0.308 e. The highest BCUT2D eigenvalue weighted by molar-refractivity contribution is 5.82. The summed E-state index contributed by atoms with van der Waals surface area (Å²) in [5.41, 5.74) is 3.07. The van der Waals surface area contributed by atoms with E-state index in [1.54, 1.807) is 6.07 Å². The van der Waals surface area contributed by atoms with E-state index in [2.05, 4.69) is 10.4 Å². The fraction of sp³-hybridized carbons (Fsp3) is 0.308. The van der Waals surface area contributed by atoms with Gasteiger partial charge in [-0.3, -0.25) is 0 Å². The molecule has 0 aliphatic rings. The van der Waals surface area contributed by atoms with Gasteiger partial charge in [-0.1, -0.05) is 13.8 Å². The monoisotopic (exact) mass is 269 g/mol. The first-order valence-corrected chi connectivity index (χ1v) is 5.81. The minimum absolute atomic E-state index is 0.109. The molecule has 1 heterocycles. The number of aromatic nitrogens is 1. The maximum absolute atomic E-state index is 12.7. The summed E-state index contributed by atoms with van der Waals surface area (Å²) in [6, 6.07) is 5.17. The van der Waals surface area contributed by atoms with Gasteiger partial charge in [-0.2, -0.15) is 13.2 Å². The Kier molecular flexibility index (Phi) is 3.36. The number of nitrogens with zero attached hydrogens (tertiary/aromatic N) is 1. The number of hydrogen-bond donors (Lipinski definition) is 2. The molecule has 0 aliphatic heterocycles. The predicted molar refractivity (Wildman–Crippen MR) is 68.6 cm³/mol. The van der Waals surface area contributed by atoms with Gasteiger partial charge < -0.3 is 5.43 Å². The molecular formula is C13H14F3N3. The Hall–Kier alpha value is -1.82. The van der Waals surface area contributed by atoms with E-state index in [4.69, 9.17) is 5.84 Å². The molecule has 0 atom stereocenters. The predicted octanol–water partition coefficient (Wildman–Crippen LogP) is 3.66. The van der Waals surface area contributed by atoms with Crippen LogP contribution < -0.4 is 11.3 Å². The van der Waals surface area contributed by atoms with Crippen LogP contribution in [0.5, 0.6) is 0 Å².